The van der Waals surface area contributed by atoms with Crippen LogP contribution in [0.3, 0.4) is 0 Å². The van der Waals surface area contributed by atoms with Crippen molar-refractivity contribution in [2.75, 3.05) is 6.61 Å². The predicted molar refractivity (Wildman–Crippen MR) is 126 cm³/mol. The van der Waals surface area contributed by atoms with E-state index in [1.807, 2.05) is 38.1 Å². The van der Waals surface area contributed by atoms with Crippen LogP contribution in [0.15, 0.2) is 79.5 Å². The zero-order valence-corrected chi connectivity index (χ0v) is 20.3. The van der Waals surface area contributed by atoms with E-state index in [0.29, 0.717) is 22.3 Å². The fourth-order valence-corrected chi connectivity index (χ4v) is 4.98. The molecule has 0 radical (unpaired) electrons. The molecule has 0 heterocycles. The lowest BCUT2D eigenvalue weighted by molar-refractivity contribution is 0.340. The van der Waals surface area contributed by atoms with Crippen LogP contribution in [0.5, 0.6) is 11.5 Å². The summed E-state index contributed by atoms with van der Waals surface area (Å²) in [5, 5.41) is 0. The molecule has 0 atom stereocenters. The third-order valence-corrected chi connectivity index (χ3v) is 6.32. The molecule has 0 spiro atoms. The highest BCUT2D eigenvalue weighted by Crippen LogP contribution is 2.34. The summed E-state index contributed by atoms with van der Waals surface area (Å²) in [6.45, 7) is 4.40. The van der Waals surface area contributed by atoms with Crippen molar-refractivity contribution >= 4 is 53.9 Å². The number of nitrogens with zero attached hydrogens (tertiary/aromatic N) is 1. The van der Waals surface area contributed by atoms with E-state index >= 15 is 0 Å². The summed E-state index contributed by atoms with van der Waals surface area (Å²) in [6, 6.07) is 17.2. The van der Waals surface area contributed by atoms with Gasteiger partial charge in [-0.3, -0.25) is 4.99 Å². The number of benzene rings is 3. The van der Waals surface area contributed by atoms with Gasteiger partial charge in [-0.05, 0) is 78.3 Å². The lowest BCUT2D eigenvalue weighted by Crippen LogP contribution is -2.11. The Labute approximate surface area is 193 Å². The molecule has 3 aromatic rings. The average Bonchev–Trinajstić information content (AvgIpc) is 2.70. The Kier molecular flexibility index (Phi) is 7.33. The van der Waals surface area contributed by atoms with E-state index in [1.54, 1.807) is 30.5 Å². The number of halogens is 2. The van der Waals surface area contributed by atoms with Crippen LogP contribution >= 0.6 is 31.9 Å². The molecule has 0 fully saturated rings. The number of hydrogen-bond acceptors (Lipinski definition) is 5. The van der Waals surface area contributed by atoms with Crippen LogP contribution in [0.4, 0.5) is 5.69 Å². The summed E-state index contributed by atoms with van der Waals surface area (Å²) in [6.07, 6.45) is 1.56. The highest BCUT2D eigenvalue weighted by atomic mass is 79.9. The van der Waals surface area contributed by atoms with Crippen LogP contribution in [0.25, 0.3) is 0 Å². The Morgan fingerprint density at radius 2 is 1.67 bits per heavy atom. The number of aliphatic imine (C=N–C) groups is 1. The second kappa shape index (κ2) is 9.76. The SMILES string of the molecule is CCOc1ccc(N=Cc2cc(Br)cc(Br)c2OS(=O)(=O)c2ccc(C)cc2)cc1. The first-order valence-electron chi connectivity index (χ1n) is 9.05. The first-order valence-corrected chi connectivity index (χ1v) is 12.0. The smallest absolute Gasteiger partial charge is 0.339 e. The molecule has 3 rings (SSSR count). The van der Waals surface area contributed by atoms with Crippen molar-refractivity contribution in [2.24, 2.45) is 4.99 Å². The van der Waals surface area contributed by atoms with Gasteiger partial charge >= 0.3 is 10.1 Å². The minimum absolute atomic E-state index is 0.0809. The molecule has 156 valence electrons. The first kappa shape index (κ1) is 22.5. The van der Waals surface area contributed by atoms with E-state index in [2.05, 4.69) is 36.9 Å². The second-order valence-electron chi connectivity index (χ2n) is 6.34. The maximum atomic E-state index is 12.8. The van der Waals surface area contributed by atoms with E-state index in [0.717, 1.165) is 15.8 Å². The monoisotopic (exact) mass is 551 g/mol. The average molecular weight is 553 g/mol. The molecule has 0 saturated heterocycles. The Balaban J connectivity index is 1.93. The number of rotatable bonds is 7. The van der Waals surface area contributed by atoms with Crippen molar-refractivity contribution < 1.29 is 17.3 Å². The highest BCUT2D eigenvalue weighted by molar-refractivity contribution is 9.11. The van der Waals surface area contributed by atoms with Gasteiger partial charge in [0.2, 0.25) is 0 Å². The molecule has 0 N–H and O–H groups in total. The van der Waals surface area contributed by atoms with Crippen molar-refractivity contribution in [3.63, 3.8) is 0 Å². The van der Waals surface area contributed by atoms with Crippen molar-refractivity contribution in [1.82, 2.24) is 0 Å². The van der Waals surface area contributed by atoms with Crippen molar-refractivity contribution in [1.29, 1.82) is 0 Å². The largest absolute Gasteiger partial charge is 0.494 e. The van der Waals surface area contributed by atoms with Gasteiger partial charge in [-0.25, -0.2) is 0 Å². The molecular formula is C22H19Br2NO4S. The standard InChI is InChI=1S/C22H19Br2NO4S/c1-3-28-19-8-6-18(7-9-19)25-14-16-12-17(23)13-21(24)22(16)29-30(26,27)20-10-4-15(2)5-11-20/h4-14H,3H2,1-2H3. The molecule has 3 aromatic carbocycles. The third kappa shape index (κ3) is 5.71. The predicted octanol–water partition coefficient (Wildman–Crippen LogP) is 6.44. The van der Waals surface area contributed by atoms with Gasteiger partial charge in [0.15, 0.2) is 5.75 Å². The van der Waals surface area contributed by atoms with Crippen LogP contribution in [0, 0.1) is 6.92 Å². The van der Waals surface area contributed by atoms with Gasteiger partial charge in [0.1, 0.15) is 10.6 Å². The zero-order valence-electron chi connectivity index (χ0n) is 16.3. The van der Waals surface area contributed by atoms with Crippen LogP contribution < -0.4 is 8.92 Å². The van der Waals surface area contributed by atoms with Gasteiger partial charge in [-0.15, -0.1) is 0 Å². The van der Waals surface area contributed by atoms with Crippen LogP contribution in [0.1, 0.15) is 18.1 Å². The van der Waals surface area contributed by atoms with Crippen molar-refractivity contribution in [3.05, 3.63) is 80.7 Å². The Bertz CT molecular complexity index is 1160. The number of ether oxygens (including phenoxy) is 1. The van der Waals surface area contributed by atoms with Gasteiger partial charge < -0.3 is 8.92 Å². The Hall–Kier alpha value is -2.16. The fraction of sp³-hybridized carbons (Fsp3) is 0.136. The molecule has 8 heteroatoms. The molecule has 0 aromatic heterocycles. The summed E-state index contributed by atoms with van der Waals surface area (Å²) in [5.41, 5.74) is 2.16. The molecule has 0 amide bonds. The highest BCUT2D eigenvalue weighted by Gasteiger charge is 2.20. The van der Waals surface area contributed by atoms with Crippen LogP contribution in [-0.2, 0) is 10.1 Å². The quantitative estimate of drug-likeness (QED) is 0.250. The van der Waals surface area contributed by atoms with Gasteiger partial charge in [-0.2, -0.15) is 8.42 Å². The Morgan fingerprint density at radius 3 is 2.30 bits per heavy atom. The van der Waals surface area contributed by atoms with Gasteiger partial charge in [-0.1, -0.05) is 33.6 Å². The minimum Gasteiger partial charge on any atom is -0.494 e. The summed E-state index contributed by atoms with van der Waals surface area (Å²) in [4.78, 5) is 4.52. The molecule has 0 saturated carbocycles. The lowest BCUT2D eigenvalue weighted by atomic mass is 10.2. The van der Waals surface area contributed by atoms with Crippen LogP contribution in [-0.4, -0.2) is 21.2 Å². The molecule has 0 aliphatic heterocycles. The second-order valence-corrected chi connectivity index (χ2v) is 9.66. The maximum Gasteiger partial charge on any atom is 0.339 e. The normalized spacial score (nSPS) is 11.6. The fourth-order valence-electron chi connectivity index (χ4n) is 2.57. The van der Waals surface area contributed by atoms with E-state index in [4.69, 9.17) is 8.92 Å². The summed E-state index contributed by atoms with van der Waals surface area (Å²) >= 11 is 6.81. The van der Waals surface area contributed by atoms with Gasteiger partial charge in [0.05, 0.1) is 16.8 Å². The maximum absolute atomic E-state index is 12.8. The van der Waals surface area contributed by atoms with E-state index in [9.17, 15) is 8.42 Å². The van der Waals surface area contributed by atoms with Crippen molar-refractivity contribution in [3.8, 4) is 11.5 Å². The summed E-state index contributed by atoms with van der Waals surface area (Å²) < 4.78 is 37.7. The topological polar surface area (TPSA) is 65.0 Å². The zero-order chi connectivity index (χ0) is 21.7. The van der Waals surface area contributed by atoms with Gasteiger partial charge in [0, 0.05) is 16.3 Å². The molecule has 0 unspecified atom stereocenters. The summed E-state index contributed by atoms with van der Waals surface area (Å²) in [5.74, 6) is 0.920. The first-order chi connectivity index (χ1) is 14.3. The van der Waals surface area contributed by atoms with Crippen molar-refractivity contribution in [2.45, 2.75) is 18.7 Å². The Morgan fingerprint density at radius 1 is 1.00 bits per heavy atom. The molecule has 0 aliphatic rings. The molecular weight excluding hydrogens is 534 g/mol. The minimum atomic E-state index is -4.01. The third-order valence-electron chi connectivity index (χ3n) is 4.04. The summed E-state index contributed by atoms with van der Waals surface area (Å²) in [7, 11) is -4.01. The molecule has 5 nitrogen and oxygen atoms in total. The number of aryl methyl sites for hydroxylation is 1. The van der Waals surface area contributed by atoms with E-state index < -0.39 is 10.1 Å². The number of hydrogen-bond donors (Lipinski definition) is 0. The van der Waals surface area contributed by atoms with E-state index in [1.165, 1.54) is 12.1 Å². The van der Waals surface area contributed by atoms with Gasteiger partial charge in [0.25, 0.3) is 0 Å². The molecule has 0 aliphatic carbocycles. The lowest BCUT2D eigenvalue weighted by Gasteiger charge is -2.12. The van der Waals surface area contributed by atoms with Crippen LogP contribution in [0.2, 0.25) is 0 Å². The molecule has 0 bridgehead atoms. The van der Waals surface area contributed by atoms with E-state index in [-0.39, 0.29) is 10.6 Å². The molecule has 30 heavy (non-hydrogen) atoms.